The van der Waals surface area contributed by atoms with Crippen molar-refractivity contribution in [1.82, 2.24) is 5.32 Å². The number of carbonyl (C=O) groups excluding carboxylic acids is 1. The molecule has 0 bridgehead atoms. The first-order chi connectivity index (χ1) is 14.6. The van der Waals surface area contributed by atoms with Crippen LogP contribution in [0, 0.1) is 0 Å². The first kappa shape index (κ1) is 21.4. The van der Waals surface area contributed by atoms with Crippen LogP contribution in [0.5, 0.6) is 11.5 Å². The van der Waals surface area contributed by atoms with Crippen molar-refractivity contribution in [3.8, 4) is 22.6 Å². The van der Waals surface area contributed by atoms with Crippen molar-refractivity contribution >= 4 is 5.91 Å². The summed E-state index contributed by atoms with van der Waals surface area (Å²) in [6.45, 7) is 0.482. The molecule has 3 rings (SSSR count). The van der Waals surface area contributed by atoms with Gasteiger partial charge in [0, 0.05) is 11.1 Å². The van der Waals surface area contributed by atoms with Crippen molar-refractivity contribution in [2.75, 3.05) is 34.4 Å². The molecule has 0 unspecified atom stereocenters. The minimum atomic E-state index is -0.146. The van der Waals surface area contributed by atoms with Gasteiger partial charge in [-0.1, -0.05) is 60.7 Å². The summed E-state index contributed by atoms with van der Waals surface area (Å²) >= 11 is 0. The lowest BCUT2D eigenvalue weighted by Crippen LogP contribution is -3.07. The van der Waals surface area contributed by atoms with E-state index in [-0.39, 0.29) is 18.6 Å². The monoisotopic (exact) mass is 405 g/mol. The van der Waals surface area contributed by atoms with Crippen LogP contribution in [0.4, 0.5) is 0 Å². The standard InChI is InChI=1S/C25H28N2O3/c1-27(2)23(20-12-9-13-21(16-20)29-3)17-26-25(28)18-30-24-15-8-7-14-22(24)19-10-5-4-6-11-19/h4-16,23H,17-18H2,1-3H3,(H,26,28)/p+1/t23-/m0/s1. The number of likely N-dealkylation sites (N-methyl/N-ethyl adjacent to an activating group) is 1. The number of carbonyl (C=O) groups is 1. The van der Waals surface area contributed by atoms with Crippen LogP contribution in [0.3, 0.4) is 0 Å². The Hall–Kier alpha value is -3.31. The molecule has 0 aliphatic carbocycles. The van der Waals surface area contributed by atoms with Gasteiger partial charge in [-0.2, -0.15) is 0 Å². The van der Waals surface area contributed by atoms with Crippen LogP contribution in [0.1, 0.15) is 11.6 Å². The first-order valence-electron chi connectivity index (χ1n) is 10.1. The van der Waals surface area contributed by atoms with Crippen LogP contribution >= 0.6 is 0 Å². The van der Waals surface area contributed by atoms with Crippen molar-refractivity contribution in [2.24, 2.45) is 0 Å². The van der Waals surface area contributed by atoms with E-state index in [1.54, 1.807) is 7.11 Å². The van der Waals surface area contributed by atoms with Crippen molar-refractivity contribution in [3.05, 3.63) is 84.4 Å². The van der Waals surface area contributed by atoms with Crippen molar-refractivity contribution in [2.45, 2.75) is 6.04 Å². The predicted molar refractivity (Wildman–Crippen MR) is 119 cm³/mol. The molecular weight excluding hydrogens is 376 g/mol. The Bertz CT molecular complexity index is 957. The first-order valence-corrected chi connectivity index (χ1v) is 10.1. The third-order valence-electron chi connectivity index (χ3n) is 5.03. The van der Waals surface area contributed by atoms with Crippen molar-refractivity contribution < 1.29 is 19.2 Å². The van der Waals surface area contributed by atoms with Gasteiger partial charge >= 0.3 is 0 Å². The number of rotatable bonds is 9. The van der Waals surface area contributed by atoms with E-state index in [1.165, 1.54) is 4.90 Å². The van der Waals surface area contributed by atoms with Gasteiger partial charge in [-0.25, -0.2) is 0 Å². The Labute approximate surface area is 178 Å². The maximum Gasteiger partial charge on any atom is 0.258 e. The number of quaternary nitrogens is 1. The Balaban J connectivity index is 1.61. The van der Waals surface area contributed by atoms with Crippen LogP contribution in [0.2, 0.25) is 0 Å². The van der Waals surface area contributed by atoms with Gasteiger partial charge in [0.1, 0.15) is 17.5 Å². The molecule has 0 aromatic heterocycles. The maximum absolute atomic E-state index is 12.5. The van der Waals surface area contributed by atoms with Gasteiger partial charge in [0.25, 0.3) is 5.91 Å². The normalized spacial score (nSPS) is 11.7. The summed E-state index contributed by atoms with van der Waals surface area (Å²) in [7, 11) is 5.80. The molecule has 0 aliphatic rings. The second-order valence-corrected chi connectivity index (χ2v) is 7.36. The third kappa shape index (κ3) is 5.61. The van der Waals surface area contributed by atoms with E-state index in [9.17, 15) is 4.79 Å². The number of methoxy groups -OCH3 is 1. The van der Waals surface area contributed by atoms with Crippen LogP contribution < -0.4 is 19.7 Å². The topological polar surface area (TPSA) is 52.0 Å². The van der Waals surface area contributed by atoms with Crippen LogP contribution in [0.25, 0.3) is 11.1 Å². The number of amides is 1. The zero-order chi connectivity index (χ0) is 21.3. The molecule has 0 saturated carbocycles. The molecule has 0 fully saturated rings. The lowest BCUT2D eigenvalue weighted by Gasteiger charge is -2.22. The van der Waals surface area contributed by atoms with E-state index < -0.39 is 0 Å². The highest BCUT2D eigenvalue weighted by Gasteiger charge is 2.19. The van der Waals surface area contributed by atoms with Gasteiger partial charge in [-0.05, 0) is 23.8 Å². The summed E-state index contributed by atoms with van der Waals surface area (Å²) in [5.41, 5.74) is 3.14. The summed E-state index contributed by atoms with van der Waals surface area (Å²) in [5, 5.41) is 3.00. The molecule has 5 heteroatoms. The summed E-state index contributed by atoms with van der Waals surface area (Å²) in [4.78, 5) is 13.7. The molecule has 156 valence electrons. The quantitative estimate of drug-likeness (QED) is 0.576. The lowest BCUT2D eigenvalue weighted by molar-refractivity contribution is -0.890. The van der Waals surface area contributed by atoms with E-state index in [1.807, 2.05) is 72.8 Å². The molecule has 0 heterocycles. The second kappa shape index (κ2) is 10.5. The Morgan fingerprint density at radius 1 is 0.967 bits per heavy atom. The average Bonchev–Trinajstić information content (AvgIpc) is 2.78. The molecule has 0 aliphatic heterocycles. The second-order valence-electron chi connectivity index (χ2n) is 7.36. The maximum atomic E-state index is 12.5. The largest absolute Gasteiger partial charge is 0.497 e. The highest BCUT2D eigenvalue weighted by atomic mass is 16.5. The fourth-order valence-electron chi connectivity index (χ4n) is 3.37. The van der Waals surface area contributed by atoms with E-state index in [2.05, 4.69) is 25.5 Å². The number of ether oxygens (including phenoxy) is 2. The number of nitrogens with one attached hydrogen (secondary N) is 2. The Morgan fingerprint density at radius 3 is 2.43 bits per heavy atom. The minimum Gasteiger partial charge on any atom is -0.497 e. The van der Waals surface area contributed by atoms with Crippen molar-refractivity contribution in [3.63, 3.8) is 0 Å². The zero-order valence-corrected chi connectivity index (χ0v) is 17.7. The fourth-order valence-corrected chi connectivity index (χ4v) is 3.37. The highest BCUT2D eigenvalue weighted by Crippen LogP contribution is 2.29. The summed E-state index contributed by atoms with van der Waals surface area (Å²) in [6, 6.07) is 25.8. The number of para-hydroxylation sites is 1. The highest BCUT2D eigenvalue weighted by molar-refractivity contribution is 5.78. The van der Waals surface area contributed by atoms with E-state index in [0.29, 0.717) is 12.3 Å². The van der Waals surface area contributed by atoms with E-state index in [4.69, 9.17) is 9.47 Å². The fraction of sp³-hybridized carbons (Fsp3) is 0.240. The average molecular weight is 406 g/mol. The SMILES string of the molecule is COc1cccc([C@H](CNC(=O)COc2ccccc2-c2ccccc2)[NH+](C)C)c1. The number of hydrogen-bond donors (Lipinski definition) is 2. The molecule has 1 atom stereocenters. The van der Waals surface area contributed by atoms with Gasteiger partial charge in [0.15, 0.2) is 6.61 Å². The van der Waals surface area contributed by atoms with Gasteiger partial charge in [-0.3, -0.25) is 4.79 Å². The molecule has 3 aromatic carbocycles. The molecule has 1 amide bonds. The molecule has 0 saturated heterocycles. The summed E-state index contributed by atoms with van der Waals surface area (Å²) < 4.78 is 11.2. The molecule has 3 aromatic rings. The van der Waals surface area contributed by atoms with Crippen LogP contribution in [-0.4, -0.2) is 40.3 Å². The molecule has 0 spiro atoms. The van der Waals surface area contributed by atoms with E-state index >= 15 is 0 Å². The van der Waals surface area contributed by atoms with Crippen LogP contribution in [-0.2, 0) is 4.79 Å². The number of hydrogen-bond acceptors (Lipinski definition) is 3. The van der Waals surface area contributed by atoms with E-state index in [0.717, 1.165) is 22.4 Å². The molecule has 0 radical (unpaired) electrons. The zero-order valence-electron chi connectivity index (χ0n) is 17.7. The van der Waals surface area contributed by atoms with Gasteiger partial charge in [0.2, 0.25) is 0 Å². The Kier molecular flexibility index (Phi) is 7.46. The summed E-state index contributed by atoms with van der Waals surface area (Å²) in [5.74, 6) is 1.36. The smallest absolute Gasteiger partial charge is 0.258 e. The molecule has 30 heavy (non-hydrogen) atoms. The molecular formula is C25H29N2O3+. The van der Waals surface area contributed by atoms with Crippen molar-refractivity contribution in [1.29, 1.82) is 0 Å². The van der Waals surface area contributed by atoms with Gasteiger partial charge < -0.3 is 19.7 Å². The number of benzene rings is 3. The molecule has 2 N–H and O–H groups in total. The van der Waals surface area contributed by atoms with Gasteiger partial charge in [0.05, 0.1) is 27.7 Å². The Morgan fingerprint density at radius 2 is 1.70 bits per heavy atom. The lowest BCUT2D eigenvalue weighted by atomic mass is 10.1. The summed E-state index contributed by atoms with van der Waals surface area (Å²) in [6.07, 6.45) is 0. The third-order valence-corrected chi connectivity index (χ3v) is 5.03. The predicted octanol–water partition coefficient (Wildman–Crippen LogP) is 2.74. The van der Waals surface area contributed by atoms with Crippen LogP contribution in [0.15, 0.2) is 78.9 Å². The minimum absolute atomic E-state index is 0.0303. The van der Waals surface area contributed by atoms with Gasteiger partial charge in [-0.15, -0.1) is 0 Å². The molecule has 5 nitrogen and oxygen atoms in total.